The van der Waals surface area contributed by atoms with Gasteiger partial charge in [-0.2, -0.15) is 4.98 Å². The van der Waals surface area contributed by atoms with Crippen molar-refractivity contribution in [1.29, 1.82) is 0 Å². The quantitative estimate of drug-likeness (QED) is 0.729. The van der Waals surface area contributed by atoms with E-state index in [1.165, 1.54) is 11.9 Å². The Balaban J connectivity index is 1.99. The van der Waals surface area contributed by atoms with Gasteiger partial charge in [0.2, 0.25) is 5.88 Å². The summed E-state index contributed by atoms with van der Waals surface area (Å²) in [7, 11) is 0. The van der Waals surface area contributed by atoms with Crippen molar-refractivity contribution in [3.05, 3.63) is 42.5 Å². The predicted octanol–water partition coefficient (Wildman–Crippen LogP) is 2.45. The first kappa shape index (κ1) is 9.77. The van der Waals surface area contributed by atoms with Crippen molar-refractivity contribution >= 4 is 11.2 Å². The zero-order valence-electron chi connectivity index (χ0n) is 9.21. The first-order chi connectivity index (χ1) is 8.33. The van der Waals surface area contributed by atoms with E-state index in [9.17, 15) is 0 Å². The fourth-order valence-corrected chi connectivity index (χ4v) is 1.54. The Hall–Kier alpha value is -2.43. The molecule has 0 saturated carbocycles. The molecule has 0 atom stereocenters. The number of aromatic nitrogens is 4. The van der Waals surface area contributed by atoms with Crippen molar-refractivity contribution < 1.29 is 4.74 Å². The number of H-pyrrole nitrogens is 1. The highest BCUT2D eigenvalue weighted by atomic mass is 16.5. The number of nitrogens with one attached hydrogen (secondary N) is 1. The molecule has 3 aromatic rings. The van der Waals surface area contributed by atoms with Gasteiger partial charge in [-0.15, -0.1) is 0 Å². The van der Waals surface area contributed by atoms with Gasteiger partial charge in [-0.05, 0) is 19.1 Å². The van der Waals surface area contributed by atoms with Gasteiger partial charge in [-0.1, -0.05) is 17.7 Å². The lowest BCUT2D eigenvalue weighted by Crippen LogP contribution is -1.90. The van der Waals surface area contributed by atoms with E-state index in [4.69, 9.17) is 4.74 Å². The zero-order valence-corrected chi connectivity index (χ0v) is 9.21. The lowest BCUT2D eigenvalue weighted by atomic mass is 10.2. The second-order valence-corrected chi connectivity index (χ2v) is 3.70. The van der Waals surface area contributed by atoms with Crippen LogP contribution in [0.15, 0.2) is 36.9 Å². The molecule has 3 rings (SSSR count). The summed E-state index contributed by atoms with van der Waals surface area (Å²) in [5, 5.41) is 0. The normalized spacial score (nSPS) is 10.6. The number of nitrogens with zero attached hydrogens (tertiary/aromatic N) is 3. The van der Waals surface area contributed by atoms with Crippen LogP contribution in [0.4, 0.5) is 0 Å². The molecule has 0 unspecified atom stereocenters. The molecule has 0 amide bonds. The Morgan fingerprint density at radius 1 is 1.06 bits per heavy atom. The first-order valence-corrected chi connectivity index (χ1v) is 5.21. The van der Waals surface area contributed by atoms with Gasteiger partial charge in [0.25, 0.3) is 0 Å². The average molecular weight is 226 g/mol. The second-order valence-electron chi connectivity index (χ2n) is 3.70. The average Bonchev–Trinajstić information content (AvgIpc) is 2.81. The number of rotatable bonds is 2. The van der Waals surface area contributed by atoms with E-state index in [0.29, 0.717) is 17.0 Å². The molecule has 0 aliphatic heterocycles. The fourth-order valence-electron chi connectivity index (χ4n) is 1.54. The minimum atomic E-state index is 0.483. The first-order valence-electron chi connectivity index (χ1n) is 5.21. The maximum absolute atomic E-state index is 5.68. The van der Waals surface area contributed by atoms with E-state index in [-0.39, 0.29) is 0 Å². The molecule has 1 N–H and O–H groups in total. The summed E-state index contributed by atoms with van der Waals surface area (Å²) >= 11 is 0. The third-order valence-corrected chi connectivity index (χ3v) is 2.42. The van der Waals surface area contributed by atoms with E-state index in [1.807, 2.05) is 31.2 Å². The van der Waals surface area contributed by atoms with Crippen LogP contribution in [0, 0.1) is 6.92 Å². The monoisotopic (exact) mass is 226 g/mol. The van der Waals surface area contributed by atoms with Crippen LogP contribution < -0.4 is 4.74 Å². The van der Waals surface area contributed by atoms with Crippen LogP contribution in [-0.4, -0.2) is 19.9 Å². The predicted molar refractivity (Wildman–Crippen MR) is 62.9 cm³/mol. The minimum Gasteiger partial charge on any atom is -0.437 e. The lowest BCUT2D eigenvalue weighted by molar-refractivity contribution is 0.467. The highest BCUT2D eigenvalue weighted by Crippen LogP contribution is 2.24. The molecule has 0 fully saturated rings. The summed E-state index contributed by atoms with van der Waals surface area (Å²) in [6.45, 7) is 2.03. The molecular formula is C12H10N4O. The molecule has 84 valence electrons. The topological polar surface area (TPSA) is 63.7 Å². The smallest absolute Gasteiger partial charge is 0.248 e. The van der Waals surface area contributed by atoms with Crippen LogP contribution in [0.3, 0.4) is 0 Å². The number of aryl methyl sites for hydroxylation is 1. The lowest BCUT2D eigenvalue weighted by Gasteiger charge is -2.04. The largest absolute Gasteiger partial charge is 0.437 e. The Morgan fingerprint density at radius 3 is 2.71 bits per heavy atom. The van der Waals surface area contributed by atoms with Gasteiger partial charge < -0.3 is 9.72 Å². The molecule has 5 heteroatoms. The van der Waals surface area contributed by atoms with Crippen LogP contribution in [-0.2, 0) is 0 Å². The zero-order chi connectivity index (χ0) is 11.7. The van der Waals surface area contributed by atoms with E-state index in [1.54, 1.807) is 6.33 Å². The highest BCUT2D eigenvalue weighted by Gasteiger charge is 2.07. The molecule has 0 spiro atoms. The highest BCUT2D eigenvalue weighted by molar-refractivity contribution is 5.75. The molecule has 2 heterocycles. The van der Waals surface area contributed by atoms with Gasteiger partial charge in [-0.25, -0.2) is 9.97 Å². The number of hydrogen-bond acceptors (Lipinski definition) is 4. The maximum atomic E-state index is 5.68. The maximum Gasteiger partial charge on any atom is 0.248 e. The van der Waals surface area contributed by atoms with Crippen LogP contribution in [0.25, 0.3) is 11.2 Å². The van der Waals surface area contributed by atoms with Crippen molar-refractivity contribution in [1.82, 2.24) is 19.9 Å². The molecule has 5 nitrogen and oxygen atoms in total. The van der Waals surface area contributed by atoms with Crippen LogP contribution in [0.1, 0.15) is 5.56 Å². The second kappa shape index (κ2) is 3.86. The molecular weight excluding hydrogens is 216 g/mol. The van der Waals surface area contributed by atoms with Crippen molar-refractivity contribution in [2.24, 2.45) is 0 Å². The van der Waals surface area contributed by atoms with Gasteiger partial charge in [0, 0.05) is 0 Å². The molecule has 0 radical (unpaired) electrons. The third-order valence-electron chi connectivity index (χ3n) is 2.42. The van der Waals surface area contributed by atoms with Gasteiger partial charge in [0.05, 0.1) is 6.33 Å². The van der Waals surface area contributed by atoms with E-state index < -0.39 is 0 Å². The van der Waals surface area contributed by atoms with Crippen molar-refractivity contribution in [2.75, 3.05) is 0 Å². The Kier molecular flexibility index (Phi) is 2.22. The van der Waals surface area contributed by atoms with E-state index >= 15 is 0 Å². The summed E-state index contributed by atoms with van der Waals surface area (Å²) in [5.41, 5.74) is 2.49. The van der Waals surface area contributed by atoms with Crippen molar-refractivity contribution in [2.45, 2.75) is 6.92 Å². The summed E-state index contributed by atoms with van der Waals surface area (Å²) in [5.74, 6) is 1.22. The summed E-state index contributed by atoms with van der Waals surface area (Å²) in [4.78, 5) is 15.1. The minimum absolute atomic E-state index is 0.483. The van der Waals surface area contributed by atoms with E-state index in [0.717, 1.165) is 5.75 Å². The molecule has 1 aromatic carbocycles. The van der Waals surface area contributed by atoms with Crippen LogP contribution >= 0.6 is 0 Å². The van der Waals surface area contributed by atoms with Crippen molar-refractivity contribution in [3.8, 4) is 11.6 Å². The Bertz CT molecular complexity index is 645. The van der Waals surface area contributed by atoms with E-state index in [2.05, 4.69) is 19.9 Å². The molecule has 0 aliphatic carbocycles. The fraction of sp³-hybridized carbons (Fsp3) is 0.0833. The standard InChI is InChI=1S/C12H10N4O/c1-8-2-4-9(5-3-8)17-12-10-11(14-6-13-10)15-7-16-12/h2-7H,1H3,(H,13,14,15,16). The molecule has 2 aromatic heterocycles. The third kappa shape index (κ3) is 1.82. The van der Waals surface area contributed by atoms with Gasteiger partial charge >= 0.3 is 0 Å². The van der Waals surface area contributed by atoms with Crippen LogP contribution in [0.2, 0.25) is 0 Å². The number of benzene rings is 1. The number of hydrogen-bond donors (Lipinski definition) is 1. The number of ether oxygens (including phenoxy) is 1. The summed E-state index contributed by atoms with van der Waals surface area (Å²) in [6, 6.07) is 7.78. The molecule has 0 bridgehead atoms. The molecule has 0 aliphatic rings. The number of fused-ring (bicyclic) bond motifs is 1. The number of aromatic amines is 1. The molecule has 17 heavy (non-hydrogen) atoms. The van der Waals surface area contributed by atoms with Crippen LogP contribution in [0.5, 0.6) is 11.6 Å². The van der Waals surface area contributed by atoms with Gasteiger partial charge in [0.15, 0.2) is 5.65 Å². The SMILES string of the molecule is Cc1ccc(Oc2ncnc3nc[nH]c23)cc1. The Morgan fingerprint density at radius 2 is 1.88 bits per heavy atom. The summed E-state index contributed by atoms with van der Waals surface area (Å²) < 4.78 is 5.68. The van der Waals surface area contributed by atoms with Crippen molar-refractivity contribution in [3.63, 3.8) is 0 Å². The van der Waals surface area contributed by atoms with Gasteiger partial charge in [0.1, 0.15) is 17.6 Å². The number of imidazole rings is 1. The van der Waals surface area contributed by atoms with Gasteiger partial charge in [-0.3, -0.25) is 0 Å². The summed E-state index contributed by atoms with van der Waals surface area (Å²) in [6.07, 6.45) is 3.01. The Labute approximate surface area is 97.5 Å². The molecule has 0 saturated heterocycles.